The van der Waals surface area contributed by atoms with E-state index in [9.17, 15) is 4.79 Å². The number of benzene rings is 1. The molecule has 0 amide bonds. The Kier molecular flexibility index (Phi) is 11.7. The molecular weight excluding hydrogens is 484 g/mol. The van der Waals surface area contributed by atoms with Gasteiger partial charge in [0.05, 0.1) is 38.6 Å². The summed E-state index contributed by atoms with van der Waals surface area (Å²) in [5.74, 6) is 0.517. The summed E-state index contributed by atoms with van der Waals surface area (Å²) in [6, 6.07) is 5.24. The summed E-state index contributed by atoms with van der Waals surface area (Å²) in [4.78, 5) is 22.4. The third-order valence-electron chi connectivity index (χ3n) is 5.42. The molecule has 2 rings (SSSR count). The zero-order valence-electron chi connectivity index (χ0n) is 21.7. The maximum atomic E-state index is 11.8. The second-order valence-electron chi connectivity index (χ2n) is 9.15. The van der Waals surface area contributed by atoms with E-state index in [0.717, 1.165) is 12.8 Å². The molecule has 0 bridgehead atoms. The average molecular weight is 523 g/mol. The van der Waals surface area contributed by atoms with Gasteiger partial charge in [-0.25, -0.2) is 9.78 Å². The molecule has 0 N–H and O–H groups in total. The molecule has 1 aromatic carbocycles. The summed E-state index contributed by atoms with van der Waals surface area (Å²) in [5.41, 5.74) is 1.39. The molecule has 1 aromatic heterocycles. The van der Waals surface area contributed by atoms with E-state index >= 15 is 0 Å². The van der Waals surface area contributed by atoms with Crippen LogP contribution in [0.1, 0.15) is 50.8 Å². The van der Waals surface area contributed by atoms with Gasteiger partial charge < -0.3 is 23.8 Å². The highest BCUT2D eigenvalue weighted by atomic mass is 32.1. The number of carbonyl (C=O) groups excluding carboxylic acids is 1. The Bertz CT molecular complexity index is 960. The largest absolute Gasteiger partial charge is 0.497 e. The molecule has 0 aliphatic rings. The van der Waals surface area contributed by atoms with Crippen molar-refractivity contribution in [1.29, 1.82) is 0 Å². The Morgan fingerprint density at radius 3 is 2.63 bits per heavy atom. The van der Waals surface area contributed by atoms with Crippen LogP contribution in [0.5, 0.6) is 11.5 Å². The van der Waals surface area contributed by atoms with Crippen molar-refractivity contribution in [1.82, 2.24) is 9.71 Å². The Morgan fingerprint density at radius 1 is 1.20 bits per heavy atom. The second-order valence-corrected chi connectivity index (χ2v) is 14.9. The maximum absolute atomic E-state index is 11.8. The van der Waals surface area contributed by atoms with Crippen LogP contribution in [-0.4, -0.2) is 61.5 Å². The second kappa shape index (κ2) is 14.2. The minimum absolute atomic E-state index is 0.0991. The Hall–Kier alpha value is -2.43. The zero-order chi connectivity index (χ0) is 25.8. The fraction of sp³-hybridized carbons (Fsp3) is 0.560. The fourth-order valence-electron chi connectivity index (χ4n) is 3.47. The summed E-state index contributed by atoms with van der Waals surface area (Å²) >= 11 is 5.75. The minimum atomic E-state index is -1.51. The number of esters is 1. The predicted octanol–water partition coefficient (Wildman–Crippen LogP) is 4.83. The van der Waals surface area contributed by atoms with Gasteiger partial charge in [0.1, 0.15) is 23.5 Å². The van der Waals surface area contributed by atoms with E-state index in [1.807, 2.05) is 0 Å². The molecule has 35 heavy (non-hydrogen) atoms. The standard InChI is InChI=1S/C25H38N2O6SSi/c1-7-9-10-11-24(35(4,5)6)32-18-33-27-17-26-15-21(27)25(34)20-13-12-19(29-3)14-22(20)31-16-23(28)30-8-2/h12-15,17,24H,7-11,16,18H2,1-6H3. The van der Waals surface area contributed by atoms with Crippen LogP contribution in [0.2, 0.25) is 19.6 Å². The number of hydrogen-bond donors (Lipinski definition) is 0. The van der Waals surface area contributed by atoms with E-state index in [1.165, 1.54) is 17.6 Å². The first-order valence-electron chi connectivity index (χ1n) is 12.0. The van der Waals surface area contributed by atoms with Crippen molar-refractivity contribution in [2.45, 2.75) is 64.9 Å². The van der Waals surface area contributed by atoms with Gasteiger partial charge in [-0.3, -0.25) is 0 Å². The number of thiocarbonyl (C=S) groups is 1. The normalized spacial score (nSPS) is 12.2. The number of nitrogens with zero attached hydrogens (tertiary/aromatic N) is 2. The van der Waals surface area contributed by atoms with Crippen molar-refractivity contribution in [3.63, 3.8) is 0 Å². The van der Waals surface area contributed by atoms with Crippen LogP contribution < -0.4 is 14.3 Å². The predicted molar refractivity (Wildman–Crippen MR) is 142 cm³/mol. The van der Waals surface area contributed by atoms with E-state index in [0.29, 0.717) is 27.6 Å². The number of carbonyl (C=O) groups is 1. The highest BCUT2D eigenvalue weighted by molar-refractivity contribution is 7.81. The SMILES string of the molecule is CCCCCC(OCOn1cncc1C(=S)c1ccc(OC)cc1OCC(=O)OCC)[Si](C)(C)C. The minimum Gasteiger partial charge on any atom is -0.497 e. The van der Waals surface area contributed by atoms with Gasteiger partial charge in [0, 0.05) is 11.6 Å². The van der Waals surface area contributed by atoms with Crippen molar-refractivity contribution >= 4 is 31.1 Å². The number of methoxy groups -OCH3 is 1. The molecule has 1 heterocycles. The van der Waals surface area contributed by atoms with Crippen molar-refractivity contribution in [2.24, 2.45) is 0 Å². The number of rotatable bonds is 16. The van der Waals surface area contributed by atoms with Gasteiger partial charge in [0.15, 0.2) is 6.61 Å². The molecule has 10 heteroatoms. The molecule has 1 unspecified atom stereocenters. The van der Waals surface area contributed by atoms with Gasteiger partial charge in [-0.05, 0) is 25.5 Å². The molecule has 0 fully saturated rings. The summed E-state index contributed by atoms with van der Waals surface area (Å²) in [7, 11) is 0.0499. The summed E-state index contributed by atoms with van der Waals surface area (Å²) in [5, 5.41) is 0. The summed E-state index contributed by atoms with van der Waals surface area (Å²) in [6.45, 7) is 11.0. The number of hydrogen-bond acceptors (Lipinski definition) is 8. The number of aromatic nitrogens is 2. The Labute approximate surface area is 214 Å². The highest BCUT2D eigenvalue weighted by Crippen LogP contribution is 2.28. The van der Waals surface area contributed by atoms with E-state index in [4.69, 9.17) is 36.0 Å². The molecule has 1 atom stereocenters. The van der Waals surface area contributed by atoms with Crippen molar-refractivity contribution in [3.05, 3.63) is 42.0 Å². The van der Waals surface area contributed by atoms with E-state index in [2.05, 4.69) is 31.5 Å². The molecule has 2 aromatic rings. The molecule has 0 saturated carbocycles. The maximum Gasteiger partial charge on any atom is 0.344 e. The third-order valence-corrected chi connectivity index (χ3v) is 8.24. The first-order valence-corrected chi connectivity index (χ1v) is 16.0. The molecular formula is C25H38N2O6SSi. The van der Waals surface area contributed by atoms with Crippen LogP contribution in [0.15, 0.2) is 30.7 Å². The van der Waals surface area contributed by atoms with Crippen LogP contribution in [0.3, 0.4) is 0 Å². The molecule has 0 aliphatic carbocycles. The lowest BCUT2D eigenvalue weighted by atomic mass is 10.1. The van der Waals surface area contributed by atoms with Crippen molar-refractivity contribution in [2.75, 3.05) is 27.1 Å². The fourth-order valence-corrected chi connectivity index (χ4v) is 5.42. The lowest BCUT2D eigenvalue weighted by Crippen LogP contribution is -2.41. The monoisotopic (exact) mass is 522 g/mol. The average Bonchev–Trinajstić information content (AvgIpc) is 3.29. The van der Waals surface area contributed by atoms with Crippen molar-refractivity contribution < 1.29 is 28.6 Å². The summed E-state index contributed by atoms with van der Waals surface area (Å²) in [6.07, 6.45) is 7.75. The van der Waals surface area contributed by atoms with Gasteiger partial charge in [0.25, 0.3) is 0 Å². The number of unbranched alkanes of at least 4 members (excludes halogenated alkanes) is 2. The topological polar surface area (TPSA) is 81.0 Å². The van der Waals surface area contributed by atoms with Crippen LogP contribution in [0.25, 0.3) is 0 Å². The van der Waals surface area contributed by atoms with Gasteiger partial charge >= 0.3 is 5.97 Å². The van der Waals surface area contributed by atoms with Gasteiger partial charge in [-0.15, -0.1) is 0 Å². The van der Waals surface area contributed by atoms with Crippen LogP contribution in [0.4, 0.5) is 0 Å². The molecule has 0 radical (unpaired) electrons. The highest BCUT2D eigenvalue weighted by Gasteiger charge is 2.27. The quantitative estimate of drug-likeness (QED) is 0.0775. The lowest BCUT2D eigenvalue weighted by molar-refractivity contribution is -0.145. The number of ether oxygens (including phenoxy) is 4. The molecule has 0 aliphatic heterocycles. The molecule has 194 valence electrons. The third kappa shape index (κ3) is 8.94. The van der Waals surface area contributed by atoms with Crippen molar-refractivity contribution in [3.8, 4) is 11.5 Å². The van der Waals surface area contributed by atoms with E-state index in [1.54, 1.807) is 44.8 Å². The Balaban J connectivity index is 2.13. The molecule has 0 spiro atoms. The van der Waals surface area contributed by atoms with E-state index in [-0.39, 0.29) is 25.7 Å². The first-order chi connectivity index (χ1) is 16.7. The smallest absolute Gasteiger partial charge is 0.344 e. The zero-order valence-corrected chi connectivity index (χ0v) is 23.5. The molecule has 0 saturated heterocycles. The Morgan fingerprint density at radius 2 is 1.97 bits per heavy atom. The van der Waals surface area contributed by atoms with Gasteiger partial charge in [0.2, 0.25) is 6.79 Å². The number of imidazole rings is 1. The van der Waals surface area contributed by atoms with Crippen LogP contribution in [-0.2, 0) is 14.3 Å². The first kappa shape index (κ1) is 28.8. The summed E-state index contributed by atoms with van der Waals surface area (Å²) < 4.78 is 23.6. The van der Waals surface area contributed by atoms with Gasteiger partial charge in [-0.1, -0.05) is 58.0 Å². The van der Waals surface area contributed by atoms with Crippen LogP contribution in [0, 0.1) is 0 Å². The van der Waals surface area contributed by atoms with Crippen LogP contribution >= 0.6 is 12.2 Å². The van der Waals surface area contributed by atoms with E-state index < -0.39 is 14.0 Å². The molecule has 8 nitrogen and oxygen atoms in total. The lowest BCUT2D eigenvalue weighted by Gasteiger charge is -2.29. The van der Waals surface area contributed by atoms with Gasteiger partial charge in [-0.2, -0.15) is 4.73 Å².